The molecule has 4 rings (SSSR count). The fourth-order valence-electron chi connectivity index (χ4n) is 3.31. The van der Waals surface area contributed by atoms with E-state index >= 15 is 0 Å². The van der Waals surface area contributed by atoms with Gasteiger partial charge in [0, 0.05) is 12.4 Å². The average molecular weight is 360 g/mol. The number of carbonyl (C=O) groups excluding carboxylic acids is 1. The molecule has 0 atom stereocenters. The Hall–Kier alpha value is -2.95. The lowest BCUT2D eigenvalue weighted by Crippen LogP contribution is -2.28. The summed E-state index contributed by atoms with van der Waals surface area (Å²) < 4.78 is 1.69. The van der Waals surface area contributed by atoms with Crippen molar-refractivity contribution in [2.75, 3.05) is 5.32 Å². The lowest BCUT2D eigenvalue weighted by Gasteiger charge is -2.21. The molecule has 1 N–H and O–H groups in total. The Labute approximate surface area is 159 Å². The minimum absolute atomic E-state index is 0.0413. The fourth-order valence-corrected chi connectivity index (χ4v) is 3.31. The highest BCUT2D eigenvalue weighted by atomic mass is 16.2. The Morgan fingerprint density at radius 3 is 2.37 bits per heavy atom. The van der Waals surface area contributed by atoms with Gasteiger partial charge in [0.2, 0.25) is 5.91 Å². The van der Waals surface area contributed by atoms with E-state index in [9.17, 15) is 4.79 Å². The van der Waals surface area contributed by atoms with Crippen LogP contribution in [-0.2, 0) is 15.6 Å². The molecule has 0 aliphatic heterocycles. The molecule has 5 heteroatoms. The first-order chi connectivity index (χ1) is 12.9. The highest BCUT2D eigenvalue weighted by Crippen LogP contribution is 2.49. The third-order valence-electron chi connectivity index (χ3n) is 5.23. The standard InChI is InChI=1S/C22H24N4O/c1-21(2,3)16-5-7-17(8-6-16)22(11-12-22)20(27)25-18-9-10-19(23-15-18)26-14-4-13-24-26/h4-10,13-15H,11-12H2,1-3H3,(H,25,27). The van der Waals surface area contributed by atoms with Gasteiger partial charge in [-0.1, -0.05) is 45.0 Å². The number of nitrogens with zero attached hydrogens (tertiary/aromatic N) is 3. The second-order valence-corrected chi connectivity index (χ2v) is 8.22. The predicted octanol–water partition coefficient (Wildman–Crippen LogP) is 4.24. The van der Waals surface area contributed by atoms with Gasteiger partial charge in [-0.25, -0.2) is 9.67 Å². The van der Waals surface area contributed by atoms with Gasteiger partial charge in [0.15, 0.2) is 5.82 Å². The molecule has 1 amide bonds. The summed E-state index contributed by atoms with van der Waals surface area (Å²) in [4.78, 5) is 17.3. The van der Waals surface area contributed by atoms with Crippen LogP contribution in [0.3, 0.4) is 0 Å². The fraction of sp³-hybridized carbons (Fsp3) is 0.318. The molecule has 1 aliphatic rings. The third-order valence-corrected chi connectivity index (χ3v) is 5.23. The molecule has 2 heterocycles. The highest BCUT2D eigenvalue weighted by Gasteiger charge is 2.51. The number of benzene rings is 1. The van der Waals surface area contributed by atoms with Gasteiger partial charge < -0.3 is 5.32 Å². The van der Waals surface area contributed by atoms with Crippen LogP contribution >= 0.6 is 0 Å². The summed E-state index contributed by atoms with van der Waals surface area (Å²) in [6, 6.07) is 14.0. The number of amides is 1. The Balaban J connectivity index is 1.49. The van der Waals surface area contributed by atoms with E-state index < -0.39 is 5.41 Å². The van der Waals surface area contributed by atoms with Crippen LogP contribution in [0.25, 0.3) is 5.82 Å². The Morgan fingerprint density at radius 1 is 1.11 bits per heavy atom. The van der Waals surface area contributed by atoms with Crippen molar-refractivity contribution in [1.82, 2.24) is 14.8 Å². The number of nitrogens with one attached hydrogen (secondary N) is 1. The van der Waals surface area contributed by atoms with Crippen molar-refractivity contribution >= 4 is 11.6 Å². The molecule has 5 nitrogen and oxygen atoms in total. The number of carbonyl (C=O) groups is 1. The minimum Gasteiger partial charge on any atom is -0.324 e. The molecule has 3 aromatic rings. The maximum atomic E-state index is 12.9. The van der Waals surface area contributed by atoms with Crippen molar-refractivity contribution in [3.8, 4) is 5.82 Å². The molecular weight excluding hydrogens is 336 g/mol. The van der Waals surface area contributed by atoms with E-state index in [0.717, 1.165) is 24.2 Å². The summed E-state index contributed by atoms with van der Waals surface area (Å²) >= 11 is 0. The van der Waals surface area contributed by atoms with E-state index in [-0.39, 0.29) is 11.3 Å². The summed E-state index contributed by atoms with van der Waals surface area (Å²) in [7, 11) is 0. The van der Waals surface area contributed by atoms with E-state index in [1.54, 1.807) is 17.1 Å². The van der Waals surface area contributed by atoms with Crippen molar-refractivity contribution in [2.45, 2.75) is 44.4 Å². The van der Waals surface area contributed by atoms with Crippen LogP contribution in [0.1, 0.15) is 44.7 Å². The van der Waals surface area contributed by atoms with E-state index in [2.05, 4.69) is 60.4 Å². The monoisotopic (exact) mass is 360 g/mol. The van der Waals surface area contributed by atoms with Crippen molar-refractivity contribution in [2.24, 2.45) is 0 Å². The summed E-state index contributed by atoms with van der Waals surface area (Å²) in [6.45, 7) is 6.59. The molecule has 0 saturated heterocycles. The first-order valence-electron chi connectivity index (χ1n) is 9.27. The van der Waals surface area contributed by atoms with Gasteiger partial charge in [0.25, 0.3) is 0 Å². The number of hydrogen-bond donors (Lipinski definition) is 1. The van der Waals surface area contributed by atoms with Crippen LogP contribution in [-0.4, -0.2) is 20.7 Å². The Kier molecular flexibility index (Phi) is 4.10. The summed E-state index contributed by atoms with van der Waals surface area (Å²) in [6.07, 6.45) is 6.98. The van der Waals surface area contributed by atoms with E-state index in [4.69, 9.17) is 0 Å². The SMILES string of the molecule is CC(C)(C)c1ccc(C2(C(=O)Nc3ccc(-n4cccn4)nc3)CC2)cc1. The van der Waals surface area contributed by atoms with E-state index in [1.807, 2.05) is 24.4 Å². The van der Waals surface area contributed by atoms with Crippen molar-refractivity contribution in [3.05, 3.63) is 72.2 Å². The number of rotatable bonds is 4. The topological polar surface area (TPSA) is 59.8 Å². The summed E-state index contributed by atoms with van der Waals surface area (Å²) in [5.41, 5.74) is 2.78. The molecule has 0 unspecified atom stereocenters. The molecule has 1 saturated carbocycles. The molecule has 0 spiro atoms. The van der Waals surface area contributed by atoms with Crippen molar-refractivity contribution in [1.29, 1.82) is 0 Å². The number of pyridine rings is 1. The Bertz CT molecular complexity index is 931. The van der Waals surface area contributed by atoms with Gasteiger partial charge >= 0.3 is 0 Å². The molecule has 0 bridgehead atoms. The quantitative estimate of drug-likeness (QED) is 0.757. The Morgan fingerprint density at radius 2 is 1.85 bits per heavy atom. The number of anilines is 1. The number of hydrogen-bond acceptors (Lipinski definition) is 3. The zero-order valence-corrected chi connectivity index (χ0v) is 15.9. The minimum atomic E-state index is -0.406. The van der Waals surface area contributed by atoms with E-state index in [0.29, 0.717) is 5.69 Å². The second kappa shape index (κ2) is 6.34. The lowest BCUT2D eigenvalue weighted by molar-refractivity contribution is -0.118. The van der Waals surface area contributed by atoms with Crippen LogP contribution in [0.15, 0.2) is 61.1 Å². The molecule has 2 aromatic heterocycles. The lowest BCUT2D eigenvalue weighted by atomic mass is 9.85. The molecule has 27 heavy (non-hydrogen) atoms. The van der Waals surface area contributed by atoms with Gasteiger partial charge in [-0.3, -0.25) is 4.79 Å². The normalized spacial score (nSPS) is 15.4. The first-order valence-corrected chi connectivity index (χ1v) is 9.27. The largest absolute Gasteiger partial charge is 0.324 e. The highest BCUT2D eigenvalue weighted by molar-refractivity contribution is 6.01. The van der Waals surface area contributed by atoms with E-state index in [1.165, 1.54) is 5.56 Å². The van der Waals surface area contributed by atoms with Gasteiger partial charge in [-0.15, -0.1) is 0 Å². The average Bonchev–Trinajstić information content (AvgIpc) is 3.29. The third kappa shape index (κ3) is 3.37. The van der Waals surface area contributed by atoms with Gasteiger partial charge in [0.05, 0.1) is 17.3 Å². The van der Waals surface area contributed by atoms with Gasteiger partial charge in [-0.2, -0.15) is 5.10 Å². The number of aromatic nitrogens is 3. The van der Waals surface area contributed by atoms with Gasteiger partial charge in [0.1, 0.15) is 0 Å². The predicted molar refractivity (Wildman–Crippen MR) is 106 cm³/mol. The van der Waals surface area contributed by atoms with Crippen LogP contribution in [0.4, 0.5) is 5.69 Å². The van der Waals surface area contributed by atoms with Crippen molar-refractivity contribution < 1.29 is 4.79 Å². The van der Waals surface area contributed by atoms with Crippen LogP contribution < -0.4 is 5.32 Å². The van der Waals surface area contributed by atoms with Gasteiger partial charge in [-0.05, 0) is 47.6 Å². The smallest absolute Gasteiger partial charge is 0.235 e. The van der Waals surface area contributed by atoms with Crippen molar-refractivity contribution in [3.63, 3.8) is 0 Å². The molecule has 0 radical (unpaired) electrons. The van der Waals surface area contributed by atoms with Crippen LogP contribution in [0, 0.1) is 0 Å². The molecule has 1 aromatic carbocycles. The molecule has 138 valence electrons. The van der Waals surface area contributed by atoms with Crippen LogP contribution in [0.5, 0.6) is 0 Å². The summed E-state index contributed by atoms with van der Waals surface area (Å²) in [5, 5.41) is 7.19. The molecule has 1 aliphatic carbocycles. The molecule has 1 fully saturated rings. The zero-order chi connectivity index (χ0) is 19.1. The first kappa shape index (κ1) is 17.5. The maximum Gasteiger partial charge on any atom is 0.235 e. The summed E-state index contributed by atoms with van der Waals surface area (Å²) in [5.74, 6) is 0.761. The second-order valence-electron chi connectivity index (χ2n) is 8.22. The zero-order valence-electron chi connectivity index (χ0n) is 15.9. The van der Waals surface area contributed by atoms with Crippen LogP contribution in [0.2, 0.25) is 0 Å². The molecular formula is C22H24N4O. The maximum absolute atomic E-state index is 12.9.